The summed E-state index contributed by atoms with van der Waals surface area (Å²) in [7, 11) is 0. The summed E-state index contributed by atoms with van der Waals surface area (Å²) in [5.74, 6) is -0.300. The second kappa shape index (κ2) is 6.25. The maximum absolute atomic E-state index is 12.3. The van der Waals surface area contributed by atoms with Gasteiger partial charge in [0.1, 0.15) is 5.56 Å². The van der Waals surface area contributed by atoms with E-state index in [1.165, 1.54) is 0 Å². The van der Waals surface area contributed by atoms with E-state index in [0.29, 0.717) is 0 Å². The first-order valence-corrected chi connectivity index (χ1v) is 7.26. The molecule has 1 heterocycles. The van der Waals surface area contributed by atoms with Crippen LogP contribution in [0.25, 0.3) is 0 Å². The molecule has 0 aliphatic carbocycles. The summed E-state index contributed by atoms with van der Waals surface area (Å²) in [6.45, 7) is 12.1. The number of amides is 1. The molecule has 0 unspecified atom stereocenters. The summed E-state index contributed by atoms with van der Waals surface area (Å²) < 4.78 is 0. The molecule has 0 aliphatic heterocycles. The molecule has 1 aromatic rings. The van der Waals surface area contributed by atoms with E-state index < -0.39 is 0 Å². The Morgan fingerprint density at radius 3 is 2.35 bits per heavy atom. The number of carbonyl (C=O) groups excluding carboxylic acids is 1. The number of aromatic amines is 1. The smallest absolute Gasteiger partial charge is 0.261 e. The van der Waals surface area contributed by atoms with Gasteiger partial charge < -0.3 is 10.3 Å². The molecule has 0 bridgehead atoms. The summed E-state index contributed by atoms with van der Waals surface area (Å²) in [6, 6.07) is 1.72. The van der Waals surface area contributed by atoms with E-state index in [9.17, 15) is 9.59 Å². The molecule has 0 aromatic carbocycles. The van der Waals surface area contributed by atoms with Crippen LogP contribution >= 0.6 is 0 Å². The van der Waals surface area contributed by atoms with E-state index in [1.54, 1.807) is 6.07 Å². The summed E-state index contributed by atoms with van der Waals surface area (Å²) in [6.07, 6.45) is 1.56. The van der Waals surface area contributed by atoms with Crippen LogP contribution in [-0.4, -0.2) is 16.9 Å². The Bertz CT molecular complexity index is 538. The Balaban J connectivity index is 3.08. The molecule has 1 rings (SSSR count). The fraction of sp³-hybridized carbons (Fsp3) is 0.625. The van der Waals surface area contributed by atoms with Gasteiger partial charge in [0.25, 0.3) is 11.5 Å². The molecule has 4 heteroatoms. The van der Waals surface area contributed by atoms with E-state index in [1.807, 2.05) is 20.8 Å². The first kappa shape index (κ1) is 16.5. The lowest BCUT2D eigenvalue weighted by Gasteiger charge is -2.28. The standard InChI is InChI=1S/C16H26N2O2/c1-7-11-9-12(15(20)18-13(11)8-2)14(19)17-10(3)16(4,5)6/h9-10H,7-8H2,1-6H3,(H,17,19)(H,18,20)/t10-/m0/s1. The zero-order valence-electron chi connectivity index (χ0n) is 13.4. The first-order valence-electron chi connectivity index (χ1n) is 7.26. The van der Waals surface area contributed by atoms with Crippen molar-refractivity contribution in [1.82, 2.24) is 10.3 Å². The lowest BCUT2D eigenvalue weighted by atomic mass is 9.88. The van der Waals surface area contributed by atoms with Crippen molar-refractivity contribution in [2.75, 3.05) is 0 Å². The van der Waals surface area contributed by atoms with Crippen LogP contribution in [0, 0.1) is 5.41 Å². The Morgan fingerprint density at radius 2 is 1.90 bits per heavy atom. The third-order valence-corrected chi connectivity index (χ3v) is 3.84. The molecular formula is C16H26N2O2. The van der Waals surface area contributed by atoms with Crippen molar-refractivity contribution < 1.29 is 4.79 Å². The van der Waals surface area contributed by atoms with Crippen molar-refractivity contribution in [3.63, 3.8) is 0 Å². The minimum absolute atomic E-state index is 0.00896. The highest BCUT2D eigenvalue weighted by atomic mass is 16.2. The van der Waals surface area contributed by atoms with Gasteiger partial charge in [-0.05, 0) is 36.8 Å². The molecule has 1 amide bonds. The van der Waals surface area contributed by atoms with Crippen molar-refractivity contribution >= 4 is 5.91 Å². The molecule has 0 spiro atoms. The zero-order chi connectivity index (χ0) is 15.5. The molecule has 0 aliphatic rings. The molecule has 20 heavy (non-hydrogen) atoms. The van der Waals surface area contributed by atoms with Crippen LogP contribution in [0.5, 0.6) is 0 Å². The van der Waals surface area contributed by atoms with E-state index in [2.05, 4.69) is 31.1 Å². The maximum Gasteiger partial charge on any atom is 0.261 e. The fourth-order valence-corrected chi connectivity index (χ4v) is 1.90. The van der Waals surface area contributed by atoms with Gasteiger partial charge in [-0.2, -0.15) is 0 Å². The molecule has 1 atom stereocenters. The van der Waals surface area contributed by atoms with Gasteiger partial charge in [0.15, 0.2) is 0 Å². The lowest BCUT2D eigenvalue weighted by molar-refractivity contribution is 0.0908. The Morgan fingerprint density at radius 1 is 1.30 bits per heavy atom. The molecule has 2 N–H and O–H groups in total. The first-order chi connectivity index (χ1) is 9.20. The van der Waals surface area contributed by atoms with Gasteiger partial charge in [0, 0.05) is 11.7 Å². The lowest BCUT2D eigenvalue weighted by Crippen LogP contribution is -2.43. The molecule has 0 saturated carbocycles. The Kier molecular flexibility index (Phi) is 5.15. The van der Waals surface area contributed by atoms with Crippen LogP contribution in [0.3, 0.4) is 0 Å². The normalized spacial score (nSPS) is 13.1. The number of hydrogen-bond acceptors (Lipinski definition) is 2. The monoisotopic (exact) mass is 278 g/mol. The average Bonchev–Trinajstić information content (AvgIpc) is 2.36. The second-order valence-electron chi connectivity index (χ2n) is 6.28. The SMILES string of the molecule is CCc1cc(C(=O)N[C@@H](C)C(C)(C)C)c(=O)[nH]c1CC. The highest BCUT2D eigenvalue weighted by molar-refractivity contribution is 5.94. The number of hydrogen-bond donors (Lipinski definition) is 2. The van der Waals surface area contributed by atoms with Gasteiger partial charge in [-0.25, -0.2) is 0 Å². The Hall–Kier alpha value is -1.58. The zero-order valence-corrected chi connectivity index (χ0v) is 13.4. The quantitative estimate of drug-likeness (QED) is 0.889. The minimum Gasteiger partial charge on any atom is -0.349 e. The average molecular weight is 278 g/mol. The maximum atomic E-state index is 12.3. The second-order valence-corrected chi connectivity index (χ2v) is 6.28. The van der Waals surface area contributed by atoms with Crippen molar-refractivity contribution in [2.24, 2.45) is 5.41 Å². The summed E-state index contributed by atoms with van der Waals surface area (Å²) in [4.78, 5) is 27.1. The number of carbonyl (C=O) groups is 1. The number of nitrogens with one attached hydrogen (secondary N) is 2. The third-order valence-electron chi connectivity index (χ3n) is 3.84. The van der Waals surface area contributed by atoms with Crippen LogP contribution in [-0.2, 0) is 12.8 Å². The summed E-state index contributed by atoms with van der Waals surface area (Å²) >= 11 is 0. The van der Waals surface area contributed by atoms with Gasteiger partial charge in [0.05, 0.1) is 0 Å². The van der Waals surface area contributed by atoms with E-state index >= 15 is 0 Å². The van der Waals surface area contributed by atoms with Gasteiger partial charge >= 0.3 is 0 Å². The highest BCUT2D eigenvalue weighted by Crippen LogP contribution is 2.18. The molecule has 4 nitrogen and oxygen atoms in total. The van der Waals surface area contributed by atoms with Crippen LogP contribution < -0.4 is 10.9 Å². The van der Waals surface area contributed by atoms with Gasteiger partial charge in [-0.1, -0.05) is 34.6 Å². The predicted octanol–water partition coefficient (Wildman–Crippen LogP) is 2.66. The van der Waals surface area contributed by atoms with Gasteiger partial charge in [-0.15, -0.1) is 0 Å². The number of pyridine rings is 1. The van der Waals surface area contributed by atoms with Crippen LogP contribution in [0.2, 0.25) is 0 Å². The number of rotatable bonds is 4. The molecule has 0 radical (unpaired) electrons. The minimum atomic E-state index is -0.308. The molecule has 0 fully saturated rings. The fourth-order valence-electron chi connectivity index (χ4n) is 1.90. The van der Waals surface area contributed by atoms with Gasteiger partial charge in [0.2, 0.25) is 0 Å². The largest absolute Gasteiger partial charge is 0.349 e. The third kappa shape index (κ3) is 3.71. The molecule has 1 aromatic heterocycles. The van der Waals surface area contributed by atoms with Crippen LogP contribution in [0.1, 0.15) is 63.2 Å². The molecule has 112 valence electrons. The topological polar surface area (TPSA) is 62.0 Å². The molecular weight excluding hydrogens is 252 g/mol. The van der Waals surface area contributed by atoms with Gasteiger partial charge in [-0.3, -0.25) is 9.59 Å². The van der Waals surface area contributed by atoms with Crippen LogP contribution in [0.4, 0.5) is 0 Å². The van der Waals surface area contributed by atoms with E-state index in [0.717, 1.165) is 24.1 Å². The van der Waals surface area contributed by atoms with E-state index in [-0.39, 0.29) is 28.5 Å². The highest BCUT2D eigenvalue weighted by Gasteiger charge is 2.23. The molecule has 0 saturated heterocycles. The van der Waals surface area contributed by atoms with Crippen molar-refractivity contribution in [3.8, 4) is 0 Å². The summed E-state index contributed by atoms with van der Waals surface area (Å²) in [5.41, 5.74) is 1.80. The Labute approximate surface area is 121 Å². The van der Waals surface area contributed by atoms with Crippen molar-refractivity contribution in [1.29, 1.82) is 0 Å². The van der Waals surface area contributed by atoms with Crippen LogP contribution in [0.15, 0.2) is 10.9 Å². The van der Waals surface area contributed by atoms with E-state index in [4.69, 9.17) is 0 Å². The number of aromatic nitrogens is 1. The summed E-state index contributed by atoms with van der Waals surface area (Å²) in [5, 5.41) is 2.91. The van der Waals surface area contributed by atoms with Crippen molar-refractivity contribution in [3.05, 3.63) is 33.2 Å². The predicted molar refractivity (Wildman–Crippen MR) is 82.2 cm³/mol. The van der Waals surface area contributed by atoms with Crippen molar-refractivity contribution in [2.45, 2.75) is 60.4 Å². The number of aryl methyl sites for hydroxylation is 2. The number of H-pyrrole nitrogens is 1.